The van der Waals surface area contributed by atoms with Gasteiger partial charge in [0, 0.05) is 24.5 Å². The summed E-state index contributed by atoms with van der Waals surface area (Å²) in [6.45, 7) is 5.15. The summed E-state index contributed by atoms with van der Waals surface area (Å²) in [5, 5.41) is 2.91. The average Bonchev–Trinajstić information content (AvgIpc) is 2.47. The van der Waals surface area contributed by atoms with Crippen molar-refractivity contribution >= 4 is 17.4 Å². The molecule has 0 fully saturated rings. The maximum Gasteiger partial charge on any atom is 0.322 e. The first-order valence-corrected chi connectivity index (χ1v) is 7.05. The van der Waals surface area contributed by atoms with Crippen LogP contribution in [0.25, 0.3) is 0 Å². The van der Waals surface area contributed by atoms with Crippen LogP contribution in [0, 0.1) is 6.92 Å². The van der Waals surface area contributed by atoms with Crippen LogP contribution in [0.2, 0.25) is 0 Å². The molecular formula is C17H21N3O. The Bertz CT molecular complexity index is 608. The summed E-state index contributed by atoms with van der Waals surface area (Å²) in [6, 6.07) is 15.3. The fraction of sp³-hybridized carbons (Fsp3) is 0.235. The molecule has 0 aliphatic rings. The average molecular weight is 283 g/mol. The second-order valence-corrected chi connectivity index (χ2v) is 5.06. The Morgan fingerprint density at radius 2 is 1.90 bits per heavy atom. The first-order valence-electron chi connectivity index (χ1n) is 7.05. The number of nitrogens with two attached hydrogens (primary N) is 1. The fourth-order valence-corrected chi connectivity index (χ4v) is 2.08. The number of benzene rings is 2. The van der Waals surface area contributed by atoms with E-state index < -0.39 is 0 Å². The van der Waals surface area contributed by atoms with Gasteiger partial charge in [0.25, 0.3) is 0 Å². The summed E-state index contributed by atoms with van der Waals surface area (Å²) in [4.78, 5) is 14.0. The fourth-order valence-electron chi connectivity index (χ4n) is 2.08. The molecule has 0 bridgehead atoms. The van der Waals surface area contributed by atoms with Crippen molar-refractivity contribution in [2.24, 2.45) is 0 Å². The van der Waals surface area contributed by atoms with Gasteiger partial charge < -0.3 is 16.0 Å². The number of anilines is 2. The van der Waals surface area contributed by atoms with E-state index in [9.17, 15) is 4.79 Å². The van der Waals surface area contributed by atoms with Crippen molar-refractivity contribution in [1.29, 1.82) is 0 Å². The molecule has 0 spiro atoms. The molecule has 0 aromatic heterocycles. The molecule has 2 amide bonds. The molecule has 0 saturated heterocycles. The number of nitrogens with one attached hydrogen (secondary N) is 1. The molecule has 0 aliphatic heterocycles. The summed E-state index contributed by atoms with van der Waals surface area (Å²) in [7, 11) is 0. The number of hydrogen-bond donors (Lipinski definition) is 2. The van der Waals surface area contributed by atoms with Gasteiger partial charge in [-0.25, -0.2) is 4.79 Å². The van der Waals surface area contributed by atoms with E-state index in [2.05, 4.69) is 5.32 Å². The van der Waals surface area contributed by atoms with E-state index in [-0.39, 0.29) is 6.03 Å². The Labute approximate surface area is 125 Å². The van der Waals surface area contributed by atoms with Gasteiger partial charge in [0.15, 0.2) is 0 Å². The number of rotatable bonds is 4. The number of aryl methyl sites for hydroxylation is 1. The summed E-state index contributed by atoms with van der Waals surface area (Å²) in [5.41, 5.74) is 9.47. The molecule has 3 N–H and O–H groups in total. The van der Waals surface area contributed by atoms with Crippen LogP contribution in [0.3, 0.4) is 0 Å². The molecule has 0 unspecified atom stereocenters. The number of nitrogen functional groups attached to an aromatic ring is 1. The maximum atomic E-state index is 12.3. The van der Waals surface area contributed by atoms with Crippen molar-refractivity contribution < 1.29 is 4.79 Å². The van der Waals surface area contributed by atoms with Gasteiger partial charge in [0.1, 0.15) is 0 Å². The number of carbonyl (C=O) groups is 1. The molecular weight excluding hydrogens is 262 g/mol. The van der Waals surface area contributed by atoms with Crippen LogP contribution in [0.15, 0.2) is 48.5 Å². The van der Waals surface area contributed by atoms with Crippen molar-refractivity contribution in [3.63, 3.8) is 0 Å². The molecule has 21 heavy (non-hydrogen) atoms. The minimum atomic E-state index is -0.108. The van der Waals surface area contributed by atoms with Crippen molar-refractivity contribution in [2.75, 3.05) is 17.6 Å². The molecule has 0 saturated carbocycles. The quantitative estimate of drug-likeness (QED) is 0.842. The Kier molecular flexibility index (Phi) is 4.82. The third kappa shape index (κ3) is 4.24. The number of urea groups is 1. The second kappa shape index (κ2) is 6.79. The lowest BCUT2D eigenvalue weighted by Gasteiger charge is -2.21. The molecule has 4 heteroatoms. The van der Waals surface area contributed by atoms with Crippen LogP contribution in [0.5, 0.6) is 0 Å². The Hall–Kier alpha value is -2.49. The van der Waals surface area contributed by atoms with Gasteiger partial charge in [-0.15, -0.1) is 0 Å². The van der Waals surface area contributed by atoms with Crippen LogP contribution >= 0.6 is 0 Å². The van der Waals surface area contributed by atoms with E-state index in [0.29, 0.717) is 18.8 Å². The van der Waals surface area contributed by atoms with Gasteiger partial charge >= 0.3 is 6.03 Å². The standard InChI is InChI=1S/C17H21N3O/c1-3-20(12-14-5-4-6-15(18)11-14)17(21)19-16-9-7-13(2)8-10-16/h4-11H,3,12,18H2,1-2H3,(H,19,21). The lowest BCUT2D eigenvalue weighted by molar-refractivity contribution is 0.212. The molecule has 2 rings (SSSR count). The Morgan fingerprint density at radius 1 is 1.19 bits per heavy atom. The van der Waals surface area contributed by atoms with E-state index >= 15 is 0 Å². The molecule has 2 aromatic carbocycles. The smallest absolute Gasteiger partial charge is 0.322 e. The van der Waals surface area contributed by atoms with Gasteiger partial charge in [-0.2, -0.15) is 0 Å². The predicted molar refractivity (Wildman–Crippen MR) is 87.1 cm³/mol. The summed E-state index contributed by atoms with van der Waals surface area (Å²) in [5.74, 6) is 0. The van der Waals surface area contributed by atoms with Crippen LogP contribution < -0.4 is 11.1 Å². The van der Waals surface area contributed by atoms with Gasteiger partial charge in [-0.3, -0.25) is 0 Å². The number of hydrogen-bond acceptors (Lipinski definition) is 2. The van der Waals surface area contributed by atoms with Crippen LogP contribution in [0.4, 0.5) is 16.2 Å². The first kappa shape index (κ1) is 14.9. The molecule has 0 aliphatic carbocycles. The third-order valence-corrected chi connectivity index (χ3v) is 3.30. The van der Waals surface area contributed by atoms with Crippen molar-refractivity contribution in [3.8, 4) is 0 Å². The zero-order valence-electron chi connectivity index (χ0n) is 12.5. The van der Waals surface area contributed by atoms with E-state index in [1.165, 1.54) is 5.56 Å². The predicted octanol–water partition coefficient (Wildman–Crippen LogP) is 3.63. The largest absolute Gasteiger partial charge is 0.399 e. The zero-order valence-corrected chi connectivity index (χ0v) is 12.5. The van der Waals surface area contributed by atoms with E-state index in [0.717, 1.165) is 11.3 Å². The second-order valence-electron chi connectivity index (χ2n) is 5.06. The lowest BCUT2D eigenvalue weighted by Crippen LogP contribution is -2.34. The van der Waals surface area contributed by atoms with Crippen LogP contribution in [-0.4, -0.2) is 17.5 Å². The topological polar surface area (TPSA) is 58.4 Å². The van der Waals surface area contributed by atoms with E-state index in [1.54, 1.807) is 4.90 Å². The zero-order chi connectivity index (χ0) is 15.2. The van der Waals surface area contributed by atoms with Crippen molar-refractivity contribution in [1.82, 2.24) is 4.90 Å². The number of amides is 2. The highest BCUT2D eigenvalue weighted by Gasteiger charge is 2.12. The summed E-state index contributed by atoms with van der Waals surface area (Å²) >= 11 is 0. The highest BCUT2D eigenvalue weighted by atomic mass is 16.2. The third-order valence-electron chi connectivity index (χ3n) is 3.30. The first-order chi connectivity index (χ1) is 10.1. The van der Waals surface area contributed by atoms with Crippen LogP contribution in [0.1, 0.15) is 18.1 Å². The van der Waals surface area contributed by atoms with Crippen LogP contribution in [-0.2, 0) is 6.54 Å². The molecule has 0 radical (unpaired) electrons. The summed E-state index contributed by atoms with van der Waals surface area (Å²) in [6.07, 6.45) is 0. The SMILES string of the molecule is CCN(Cc1cccc(N)c1)C(=O)Nc1ccc(C)cc1. The van der Waals surface area contributed by atoms with Gasteiger partial charge in [-0.1, -0.05) is 29.8 Å². The lowest BCUT2D eigenvalue weighted by atomic mass is 10.2. The monoisotopic (exact) mass is 283 g/mol. The van der Waals surface area contributed by atoms with E-state index in [1.807, 2.05) is 62.4 Å². The van der Waals surface area contributed by atoms with Gasteiger partial charge in [0.2, 0.25) is 0 Å². The molecule has 110 valence electrons. The molecule has 4 nitrogen and oxygen atoms in total. The number of carbonyl (C=O) groups excluding carboxylic acids is 1. The maximum absolute atomic E-state index is 12.3. The van der Waals surface area contributed by atoms with Crippen molar-refractivity contribution in [3.05, 3.63) is 59.7 Å². The van der Waals surface area contributed by atoms with Gasteiger partial charge in [-0.05, 0) is 43.7 Å². The summed E-state index contributed by atoms with van der Waals surface area (Å²) < 4.78 is 0. The minimum absolute atomic E-state index is 0.108. The number of nitrogens with zero attached hydrogens (tertiary/aromatic N) is 1. The minimum Gasteiger partial charge on any atom is -0.399 e. The van der Waals surface area contributed by atoms with Crippen molar-refractivity contribution in [2.45, 2.75) is 20.4 Å². The van der Waals surface area contributed by atoms with E-state index in [4.69, 9.17) is 5.73 Å². The highest BCUT2D eigenvalue weighted by molar-refractivity contribution is 5.89. The van der Waals surface area contributed by atoms with Gasteiger partial charge in [0.05, 0.1) is 0 Å². The normalized spacial score (nSPS) is 10.2. The Balaban J connectivity index is 2.03. The molecule has 0 heterocycles. The Morgan fingerprint density at radius 3 is 2.52 bits per heavy atom. The highest BCUT2D eigenvalue weighted by Crippen LogP contribution is 2.13. The molecule has 0 atom stereocenters. The molecule has 2 aromatic rings.